The Hall–Kier alpha value is -3.52. The summed E-state index contributed by atoms with van der Waals surface area (Å²) in [5.74, 6) is 1.00. The Morgan fingerprint density at radius 2 is 1.34 bits per heavy atom. The molecule has 0 N–H and O–H groups in total. The zero-order chi connectivity index (χ0) is 21.3. The highest BCUT2D eigenvalue weighted by Crippen LogP contribution is 2.44. The van der Waals surface area contributed by atoms with Gasteiger partial charge in [-0.15, -0.1) is 0 Å². The quantitative estimate of drug-likeness (QED) is 0.340. The van der Waals surface area contributed by atoms with Crippen molar-refractivity contribution >= 4 is 5.69 Å². The second kappa shape index (κ2) is 8.20. The zero-order valence-corrected chi connectivity index (χ0v) is 18.3. The lowest BCUT2D eigenvalue weighted by molar-refractivity contribution is 0.307. The van der Waals surface area contributed by atoms with E-state index in [4.69, 9.17) is 4.74 Å². The highest BCUT2D eigenvalue weighted by Gasteiger charge is 2.29. The average molecular weight is 418 g/mol. The molecule has 4 aromatic rings. The van der Waals surface area contributed by atoms with Crippen LogP contribution in [-0.2, 0) is 19.5 Å². The van der Waals surface area contributed by atoms with Gasteiger partial charge in [-0.05, 0) is 70.3 Å². The Balaban J connectivity index is 1.61. The number of anilines is 1. The fourth-order valence-corrected chi connectivity index (χ4v) is 5.28. The van der Waals surface area contributed by atoms with Gasteiger partial charge >= 0.3 is 0 Å². The van der Waals surface area contributed by atoms with Crippen LogP contribution >= 0.6 is 0 Å². The van der Waals surface area contributed by atoms with Crippen molar-refractivity contribution < 1.29 is 4.74 Å². The summed E-state index contributed by atoms with van der Waals surface area (Å²) in [7, 11) is 0. The van der Waals surface area contributed by atoms with Crippen LogP contribution in [0, 0.1) is 0 Å². The minimum atomic E-state index is 0.765. The Morgan fingerprint density at radius 1 is 0.656 bits per heavy atom. The van der Waals surface area contributed by atoms with Crippen molar-refractivity contribution in [3.8, 4) is 28.0 Å². The molecule has 32 heavy (non-hydrogen) atoms. The smallest absolute Gasteiger partial charge is 0.142 e. The number of hydrogen-bond donors (Lipinski definition) is 0. The number of nitrogens with zero attached hydrogens (tertiary/aromatic N) is 1. The van der Waals surface area contributed by atoms with Crippen LogP contribution in [0.4, 0.5) is 5.69 Å². The van der Waals surface area contributed by atoms with Gasteiger partial charge in [0.25, 0.3) is 0 Å². The number of benzene rings is 4. The van der Waals surface area contributed by atoms with E-state index in [9.17, 15) is 0 Å². The number of fused-ring (bicyclic) bond motifs is 4. The van der Waals surface area contributed by atoms with Gasteiger partial charge in [0, 0.05) is 13.1 Å². The first-order valence-electron chi connectivity index (χ1n) is 11.6. The van der Waals surface area contributed by atoms with E-state index in [1.807, 2.05) is 0 Å². The maximum Gasteiger partial charge on any atom is 0.142 e. The van der Waals surface area contributed by atoms with Crippen LogP contribution in [0.2, 0.25) is 0 Å². The molecule has 0 saturated carbocycles. The largest absolute Gasteiger partial charge is 0.491 e. The molecule has 2 aliphatic rings. The van der Waals surface area contributed by atoms with Crippen molar-refractivity contribution in [1.29, 1.82) is 0 Å². The highest BCUT2D eigenvalue weighted by atomic mass is 16.5. The predicted molar refractivity (Wildman–Crippen MR) is 132 cm³/mol. The number of hydrogen-bond acceptors (Lipinski definition) is 2. The summed E-state index contributed by atoms with van der Waals surface area (Å²) in [5.41, 5.74) is 11.1. The third kappa shape index (κ3) is 3.36. The summed E-state index contributed by atoms with van der Waals surface area (Å²) in [6, 6.07) is 32.9. The molecule has 0 aromatic heterocycles. The molecule has 2 heterocycles. The van der Waals surface area contributed by atoms with Gasteiger partial charge in [-0.25, -0.2) is 0 Å². The molecule has 0 amide bonds. The number of rotatable bonds is 2. The fourth-order valence-electron chi connectivity index (χ4n) is 5.28. The summed E-state index contributed by atoms with van der Waals surface area (Å²) in [6.45, 7) is 2.58. The van der Waals surface area contributed by atoms with Crippen LogP contribution in [0.25, 0.3) is 22.3 Å². The predicted octanol–water partition coefficient (Wildman–Crippen LogP) is 7.26. The van der Waals surface area contributed by atoms with E-state index in [2.05, 4.69) is 95.9 Å². The SMILES string of the molecule is c1ccc(-c2cc3c(-c4ccccc4)c4c2CN(C4)c2ccccc2OCCCC3)cc1. The van der Waals surface area contributed by atoms with E-state index in [1.165, 1.54) is 44.6 Å². The van der Waals surface area contributed by atoms with Crippen LogP contribution in [0.3, 0.4) is 0 Å². The van der Waals surface area contributed by atoms with E-state index in [-0.39, 0.29) is 0 Å². The van der Waals surface area contributed by atoms with Gasteiger partial charge in [-0.2, -0.15) is 0 Å². The second-order valence-corrected chi connectivity index (χ2v) is 8.78. The fraction of sp³-hybridized carbons (Fsp3) is 0.200. The molecule has 2 heteroatoms. The van der Waals surface area contributed by atoms with Crippen LogP contribution in [0.5, 0.6) is 5.75 Å². The molecule has 0 unspecified atom stereocenters. The van der Waals surface area contributed by atoms with Gasteiger partial charge in [-0.1, -0.05) is 78.9 Å². The van der Waals surface area contributed by atoms with Crippen molar-refractivity contribution in [1.82, 2.24) is 0 Å². The molecule has 6 rings (SSSR count). The normalized spacial score (nSPS) is 14.9. The Kier molecular flexibility index (Phi) is 4.92. The molecule has 158 valence electrons. The molecule has 2 aliphatic heterocycles. The first-order chi connectivity index (χ1) is 15.9. The maximum absolute atomic E-state index is 6.23. The molecule has 4 aromatic carbocycles. The van der Waals surface area contributed by atoms with Crippen molar-refractivity contribution in [2.45, 2.75) is 32.4 Å². The maximum atomic E-state index is 6.23. The molecule has 0 spiro atoms. The number of para-hydroxylation sites is 2. The highest BCUT2D eigenvalue weighted by molar-refractivity contribution is 5.83. The first kappa shape index (κ1) is 19.2. The summed E-state index contributed by atoms with van der Waals surface area (Å²) >= 11 is 0. The number of aryl methyl sites for hydroxylation is 1. The van der Waals surface area contributed by atoms with Gasteiger partial charge in [0.05, 0.1) is 12.3 Å². The molecule has 0 atom stereocenters. The summed E-state index contributed by atoms with van der Waals surface area (Å²) < 4.78 is 6.23. The molecular formula is C30H27NO. The van der Waals surface area contributed by atoms with Gasteiger partial charge < -0.3 is 9.64 Å². The van der Waals surface area contributed by atoms with Gasteiger partial charge in [-0.3, -0.25) is 0 Å². The van der Waals surface area contributed by atoms with Crippen molar-refractivity contribution in [2.24, 2.45) is 0 Å². The Labute approximate surface area is 190 Å². The third-order valence-electron chi connectivity index (χ3n) is 6.78. The zero-order valence-electron chi connectivity index (χ0n) is 18.3. The number of ether oxygens (including phenoxy) is 1. The van der Waals surface area contributed by atoms with Crippen LogP contribution < -0.4 is 9.64 Å². The lowest BCUT2D eigenvalue weighted by atomic mass is 9.85. The van der Waals surface area contributed by atoms with E-state index < -0.39 is 0 Å². The first-order valence-corrected chi connectivity index (χ1v) is 11.6. The van der Waals surface area contributed by atoms with Gasteiger partial charge in [0.2, 0.25) is 0 Å². The molecule has 3 bridgehead atoms. The molecule has 0 saturated heterocycles. The van der Waals surface area contributed by atoms with E-state index in [0.717, 1.165) is 44.7 Å². The molecular weight excluding hydrogens is 390 g/mol. The van der Waals surface area contributed by atoms with E-state index >= 15 is 0 Å². The molecule has 0 radical (unpaired) electrons. The monoisotopic (exact) mass is 417 g/mol. The molecule has 2 nitrogen and oxygen atoms in total. The average Bonchev–Trinajstić information content (AvgIpc) is 3.29. The topological polar surface area (TPSA) is 12.5 Å². The lowest BCUT2D eigenvalue weighted by Crippen LogP contribution is -2.16. The summed E-state index contributed by atoms with van der Waals surface area (Å²) in [6.07, 6.45) is 3.25. The van der Waals surface area contributed by atoms with Crippen LogP contribution in [0.1, 0.15) is 29.5 Å². The molecule has 0 fully saturated rings. The van der Waals surface area contributed by atoms with Crippen LogP contribution in [0.15, 0.2) is 91.0 Å². The Bertz CT molecular complexity index is 1250. The van der Waals surface area contributed by atoms with E-state index in [0.29, 0.717) is 0 Å². The third-order valence-corrected chi connectivity index (χ3v) is 6.78. The minimum absolute atomic E-state index is 0.765. The summed E-state index contributed by atoms with van der Waals surface area (Å²) in [4.78, 5) is 2.49. The van der Waals surface area contributed by atoms with Gasteiger partial charge in [0.15, 0.2) is 0 Å². The molecule has 0 aliphatic carbocycles. The Morgan fingerprint density at radius 3 is 2.16 bits per heavy atom. The summed E-state index contributed by atoms with van der Waals surface area (Å²) in [5, 5.41) is 0. The van der Waals surface area contributed by atoms with Crippen molar-refractivity contribution in [3.63, 3.8) is 0 Å². The standard InChI is InChI=1S/C30H27NO/c1-3-11-22(12-4-1)25-19-24-15-9-10-18-32-29-17-8-7-16-28(29)31-20-26(25)27(21-31)30(24)23-13-5-2-6-14-23/h1-8,11-14,16-17,19H,9-10,15,18,20-21H2. The van der Waals surface area contributed by atoms with Gasteiger partial charge in [0.1, 0.15) is 5.75 Å². The van der Waals surface area contributed by atoms with Crippen LogP contribution in [-0.4, -0.2) is 6.61 Å². The van der Waals surface area contributed by atoms with Crippen molar-refractivity contribution in [2.75, 3.05) is 11.5 Å². The second-order valence-electron chi connectivity index (χ2n) is 8.78. The van der Waals surface area contributed by atoms with E-state index in [1.54, 1.807) is 0 Å². The lowest BCUT2D eigenvalue weighted by Gasteiger charge is -2.22. The minimum Gasteiger partial charge on any atom is -0.491 e. The van der Waals surface area contributed by atoms with Crippen molar-refractivity contribution in [3.05, 3.63) is 108 Å².